The SMILES string of the molecule is COc1cc(C=CC(=O)OC(Cc2c(C)c3ccc(NC(=O)N4CCN(c5ccccc5)CC4)cc3oc2=O)CN2CCN(c3ccccc3)CC2)cc(OC)c1OC. The van der Waals surface area contributed by atoms with Crippen molar-refractivity contribution < 1.29 is 33.0 Å². The second-order valence-electron chi connectivity index (χ2n) is 14.6. The lowest BCUT2D eigenvalue weighted by Crippen LogP contribution is -2.50. The summed E-state index contributed by atoms with van der Waals surface area (Å²) in [5.41, 5.74) is 4.50. The molecule has 7 rings (SSSR count). The molecule has 2 aliphatic rings. The summed E-state index contributed by atoms with van der Waals surface area (Å²) in [5.74, 6) is 0.799. The Balaban J connectivity index is 1.06. The Labute approximate surface area is 344 Å². The first-order valence-electron chi connectivity index (χ1n) is 19.9. The largest absolute Gasteiger partial charge is 0.493 e. The number of anilines is 3. The Morgan fingerprint density at radius 1 is 0.763 bits per heavy atom. The fraction of sp³-hybridized carbons (Fsp3) is 0.326. The molecular formula is C46H51N5O8. The number of urea groups is 1. The van der Waals surface area contributed by atoms with Gasteiger partial charge in [0.1, 0.15) is 11.7 Å². The Kier molecular flexibility index (Phi) is 13.0. The van der Waals surface area contributed by atoms with Gasteiger partial charge in [0.25, 0.3) is 0 Å². The van der Waals surface area contributed by atoms with Crippen molar-refractivity contribution in [1.82, 2.24) is 9.80 Å². The van der Waals surface area contributed by atoms with Crippen molar-refractivity contribution in [1.29, 1.82) is 0 Å². The topological polar surface area (TPSA) is 126 Å². The Morgan fingerprint density at radius 2 is 1.36 bits per heavy atom. The molecule has 308 valence electrons. The molecule has 1 atom stereocenters. The maximum Gasteiger partial charge on any atom is 0.339 e. The highest BCUT2D eigenvalue weighted by atomic mass is 16.5. The van der Waals surface area contributed by atoms with E-state index >= 15 is 0 Å². The number of ether oxygens (including phenoxy) is 4. The van der Waals surface area contributed by atoms with Crippen LogP contribution in [0.1, 0.15) is 16.7 Å². The van der Waals surface area contributed by atoms with Gasteiger partial charge in [0.2, 0.25) is 5.75 Å². The van der Waals surface area contributed by atoms with Crippen molar-refractivity contribution >= 4 is 46.1 Å². The highest BCUT2D eigenvalue weighted by Crippen LogP contribution is 2.38. The first-order valence-corrected chi connectivity index (χ1v) is 19.9. The zero-order chi connectivity index (χ0) is 41.3. The number of benzene rings is 4. The summed E-state index contributed by atoms with van der Waals surface area (Å²) < 4.78 is 28.4. The smallest absolute Gasteiger partial charge is 0.339 e. The van der Waals surface area contributed by atoms with E-state index in [-0.39, 0.29) is 12.5 Å². The van der Waals surface area contributed by atoms with Gasteiger partial charge in [-0.1, -0.05) is 36.4 Å². The van der Waals surface area contributed by atoms with Crippen molar-refractivity contribution in [2.45, 2.75) is 19.4 Å². The van der Waals surface area contributed by atoms with Crippen LogP contribution in [-0.4, -0.2) is 108 Å². The third-order valence-corrected chi connectivity index (χ3v) is 11.0. The average Bonchev–Trinajstić information content (AvgIpc) is 3.27. The van der Waals surface area contributed by atoms with Crippen molar-refractivity contribution in [3.63, 3.8) is 0 Å². The lowest BCUT2D eigenvalue weighted by Gasteiger charge is -2.37. The second kappa shape index (κ2) is 18.9. The highest BCUT2D eigenvalue weighted by molar-refractivity contribution is 5.93. The molecule has 3 heterocycles. The van der Waals surface area contributed by atoms with E-state index in [0.717, 1.165) is 55.9 Å². The predicted molar refractivity (Wildman–Crippen MR) is 230 cm³/mol. The second-order valence-corrected chi connectivity index (χ2v) is 14.6. The van der Waals surface area contributed by atoms with Crippen LogP contribution in [0.5, 0.6) is 17.2 Å². The average molecular weight is 802 g/mol. The van der Waals surface area contributed by atoms with Crippen LogP contribution in [-0.2, 0) is 16.0 Å². The molecule has 13 nitrogen and oxygen atoms in total. The van der Waals surface area contributed by atoms with Gasteiger partial charge in [-0.15, -0.1) is 0 Å². The Hall–Kier alpha value is -6.47. The number of hydrogen-bond acceptors (Lipinski definition) is 11. The summed E-state index contributed by atoms with van der Waals surface area (Å²) in [6, 6.07) is 29.1. The van der Waals surface area contributed by atoms with E-state index in [4.69, 9.17) is 23.4 Å². The molecule has 1 N–H and O–H groups in total. The first-order chi connectivity index (χ1) is 28.7. The standard InChI is InChI=1S/C46H51N5O8/c1-32-38-17-16-34(47-46(54)51-25-23-50(24-26-51)36-13-9-6-10-14-36)29-40(38)59-45(53)39(32)30-37(31-48-19-21-49(22-20-48)35-11-7-5-8-12-35)58-43(52)18-15-33-27-41(55-2)44(57-4)42(28-33)56-3/h5-18,27-29,37H,19-26,30-31H2,1-4H3,(H,47,54). The molecule has 59 heavy (non-hydrogen) atoms. The number of hydrogen-bond donors (Lipinski definition) is 1. The van der Waals surface area contributed by atoms with Gasteiger partial charge in [0.05, 0.1) is 21.3 Å². The molecule has 0 radical (unpaired) electrons. The quantitative estimate of drug-likeness (QED) is 0.0800. The molecule has 0 aliphatic carbocycles. The third kappa shape index (κ3) is 9.81. The third-order valence-electron chi connectivity index (χ3n) is 11.0. The number of methoxy groups -OCH3 is 3. The summed E-state index contributed by atoms with van der Waals surface area (Å²) in [5, 5.41) is 3.71. The molecule has 2 saturated heterocycles. The number of carbonyl (C=O) groups excluding carboxylic acids is 2. The van der Waals surface area contributed by atoms with Crippen molar-refractivity contribution in [2.24, 2.45) is 0 Å². The minimum atomic E-state index is -0.657. The van der Waals surface area contributed by atoms with Crippen LogP contribution in [0.15, 0.2) is 106 Å². The number of esters is 1. The minimum absolute atomic E-state index is 0.153. The predicted octanol–water partition coefficient (Wildman–Crippen LogP) is 6.47. The van der Waals surface area contributed by atoms with Crippen LogP contribution in [0.25, 0.3) is 17.0 Å². The number of amides is 2. The van der Waals surface area contributed by atoms with E-state index in [1.165, 1.54) is 33.1 Å². The van der Waals surface area contributed by atoms with Gasteiger partial charge in [0.15, 0.2) is 11.5 Å². The molecular weight excluding hydrogens is 751 g/mol. The summed E-state index contributed by atoms with van der Waals surface area (Å²) in [6.07, 6.45) is 2.48. The molecule has 2 fully saturated rings. The lowest BCUT2D eigenvalue weighted by atomic mass is 10.0. The Bertz CT molecular complexity index is 2290. The normalized spacial score (nSPS) is 15.3. The summed E-state index contributed by atoms with van der Waals surface area (Å²) in [7, 11) is 4.59. The van der Waals surface area contributed by atoms with Gasteiger partial charge >= 0.3 is 17.6 Å². The van der Waals surface area contributed by atoms with Gasteiger partial charge in [-0.2, -0.15) is 0 Å². The fourth-order valence-electron chi connectivity index (χ4n) is 7.77. The van der Waals surface area contributed by atoms with Gasteiger partial charge in [-0.05, 0) is 72.7 Å². The molecule has 2 amide bonds. The number of carbonyl (C=O) groups is 2. The molecule has 0 bridgehead atoms. The van der Waals surface area contributed by atoms with E-state index in [1.54, 1.807) is 29.2 Å². The van der Waals surface area contributed by atoms with Gasteiger partial charge in [-0.3, -0.25) is 4.90 Å². The molecule has 1 aromatic heterocycles. The van der Waals surface area contributed by atoms with Crippen LogP contribution in [0, 0.1) is 6.92 Å². The Morgan fingerprint density at radius 3 is 1.93 bits per heavy atom. The van der Waals surface area contributed by atoms with Crippen molar-refractivity contribution in [3.8, 4) is 17.2 Å². The van der Waals surface area contributed by atoms with Crippen LogP contribution in [0.3, 0.4) is 0 Å². The molecule has 5 aromatic rings. The van der Waals surface area contributed by atoms with Crippen molar-refractivity contribution in [3.05, 3.63) is 124 Å². The molecule has 1 unspecified atom stereocenters. The number of aryl methyl sites for hydroxylation is 1. The summed E-state index contributed by atoms with van der Waals surface area (Å²) in [6.45, 7) is 8.07. The molecule has 0 saturated carbocycles. The van der Waals surface area contributed by atoms with Gasteiger partial charge < -0.3 is 43.4 Å². The maximum absolute atomic E-state index is 13.7. The fourth-order valence-corrected chi connectivity index (χ4v) is 7.77. The van der Waals surface area contributed by atoms with Gasteiger partial charge in [0, 0.05) is 105 Å². The molecule has 2 aliphatic heterocycles. The van der Waals surface area contributed by atoms with Crippen LogP contribution in [0.4, 0.5) is 21.9 Å². The lowest BCUT2D eigenvalue weighted by molar-refractivity contribution is -0.143. The van der Waals surface area contributed by atoms with E-state index in [9.17, 15) is 14.4 Å². The molecule has 4 aromatic carbocycles. The van der Waals surface area contributed by atoms with Gasteiger partial charge in [-0.25, -0.2) is 14.4 Å². The zero-order valence-electron chi connectivity index (χ0n) is 34.0. The number of fused-ring (bicyclic) bond motifs is 1. The number of rotatable bonds is 13. The van der Waals surface area contributed by atoms with E-state index < -0.39 is 17.7 Å². The first kappa shape index (κ1) is 40.7. The molecule has 0 spiro atoms. The number of para-hydroxylation sites is 2. The number of piperazine rings is 2. The monoisotopic (exact) mass is 801 g/mol. The van der Waals surface area contributed by atoms with Crippen LogP contribution in [0.2, 0.25) is 0 Å². The van der Waals surface area contributed by atoms with Crippen LogP contribution >= 0.6 is 0 Å². The number of nitrogens with zero attached hydrogens (tertiary/aromatic N) is 4. The van der Waals surface area contributed by atoms with Crippen LogP contribution < -0.4 is 35.0 Å². The van der Waals surface area contributed by atoms with E-state index in [0.29, 0.717) is 59.3 Å². The summed E-state index contributed by atoms with van der Waals surface area (Å²) in [4.78, 5) is 49.1. The van der Waals surface area contributed by atoms with Crippen molar-refractivity contribution in [2.75, 3.05) is 95.3 Å². The maximum atomic E-state index is 13.7. The van der Waals surface area contributed by atoms with E-state index in [1.807, 2.05) is 55.5 Å². The molecule has 13 heteroatoms. The highest BCUT2D eigenvalue weighted by Gasteiger charge is 2.26. The summed E-state index contributed by atoms with van der Waals surface area (Å²) >= 11 is 0. The number of nitrogens with one attached hydrogen (secondary N) is 1. The zero-order valence-corrected chi connectivity index (χ0v) is 34.0. The minimum Gasteiger partial charge on any atom is -0.493 e. The van der Waals surface area contributed by atoms with E-state index in [2.05, 4.69) is 44.3 Å².